The number of halogens is 1. The molecule has 1 saturated heterocycles. The number of nitrogens with one attached hydrogen (secondary N) is 1. The molecule has 0 atom stereocenters. The number of amides is 1. The Morgan fingerprint density at radius 2 is 1.88 bits per heavy atom. The average molecular weight is 543 g/mol. The lowest BCUT2D eigenvalue weighted by Crippen LogP contribution is -2.46. The zero-order valence-corrected chi connectivity index (χ0v) is 23.3. The number of ether oxygens (including phenoxy) is 1. The molecule has 0 bridgehead atoms. The second-order valence-electron chi connectivity index (χ2n) is 11.5. The van der Waals surface area contributed by atoms with E-state index in [1.165, 1.54) is 17.7 Å². The van der Waals surface area contributed by atoms with E-state index in [2.05, 4.69) is 27.2 Å². The van der Waals surface area contributed by atoms with Gasteiger partial charge in [-0.2, -0.15) is 5.26 Å². The van der Waals surface area contributed by atoms with E-state index >= 15 is 0 Å². The van der Waals surface area contributed by atoms with E-state index in [-0.39, 0.29) is 11.6 Å². The predicted octanol–water partition coefficient (Wildman–Crippen LogP) is 5.21. The van der Waals surface area contributed by atoms with Gasteiger partial charge in [-0.05, 0) is 51.3 Å². The van der Waals surface area contributed by atoms with Crippen LogP contribution in [0.4, 0.5) is 15.1 Å². The Morgan fingerprint density at radius 3 is 2.55 bits per heavy atom. The number of anilines is 1. The first-order valence-corrected chi connectivity index (χ1v) is 13.8. The molecule has 2 aliphatic heterocycles. The third kappa shape index (κ3) is 6.57. The van der Waals surface area contributed by atoms with Gasteiger partial charge >= 0.3 is 6.09 Å². The fraction of sp³-hybridized carbons (Fsp3) is 0.419. The van der Waals surface area contributed by atoms with Crippen LogP contribution in [0.1, 0.15) is 56.0 Å². The summed E-state index contributed by atoms with van der Waals surface area (Å²) in [5, 5.41) is 12.2. The average Bonchev–Trinajstić information content (AvgIpc) is 2.92. The maximum Gasteiger partial charge on any atom is 0.407 e. The van der Waals surface area contributed by atoms with Crippen LogP contribution in [0.15, 0.2) is 48.5 Å². The summed E-state index contributed by atoms with van der Waals surface area (Å²) in [5.41, 5.74) is 4.02. The number of nitrogens with zero attached hydrogens (tertiary/aromatic N) is 5. The van der Waals surface area contributed by atoms with E-state index in [0.717, 1.165) is 43.6 Å². The largest absolute Gasteiger partial charge is 0.444 e. The van der Waals surface area contributed by atoms with Crippen LogP contribution in [0.5, 0.6) is 0 Å². The first-order valence-electron chi connectivity index (χ1n) is 13.8. The molecule has 1 N–H and O–H groups in total. The van der Waals surface area contributed by atoms with Gasteiger partial charge in [-0.3, -0.25) is 4.90 Å². The monoisotopic (exact) mass is 542 g/mol. The second-order valence-corrected chi connectivity index (χ2v) is 11.5. The summed E-state index contributed by atoms with van der Waals surface area (Å²) >= 11 is 0. The quantitative estimate of drug-likeness (QED) is 0.473. The molecule has 2 aromatic carbocycles. The maximum absolute atomic E-state index is 14.7. The van der Waals surface area contributed by atoms with Crippen molar-refractivity contribution in [2.75, 3.05) is 24.5 Å². The highest BCUT2D eigenvalue weighted by Crippen LogP contribution is 2.32. The Labute approximate surface area is 234 Å². The van der Waals surface area contributed by atoms with Crippen molar-refractivity contribution < 1.29 is 13.9 Å². The molecule has 0 spiro atoms. The molecule has 0 unspecified atom stereocenters. The van der Waals surface area contributed by atoms with Crippen LogP contribution < -0.4 is 10.2 Å². The number of aromatic nitrogens is 2. The minimum Gasteiger partial charge on any atom is -0.444 e. The van der Waals surface area contributed by atoms with Gasteiger partial charge in [0.2, 0.25) is 5.95 Å². The predicted molar refractivity (Wildman–Crippen MR) is 151 cm³/mol. The Hall–Kier alpha value is -4.03. The van der Waals surface area contributed by atoms with Gasteiger partial charge in [0.15, 0.2) is 0 Å². The summed E-state index contributed by atoms with van der Waals surface area (Å²) in [4.78, 5) is 26.7. The summed E-state index contributed by atoms with van der Waals surface area (Å²) in [5.74, 6) is 0.0608. The topological polar surface area (TPSA) is 94.4 Å². The van der Waals surface area contributed by atoms with E-state index in [1.807, 2.05) is 45.0 Å². The number of hydrogen-bond donors (Lipinski definition) is 1. The number of benzene rings is 2. The molecule has 0 aliphatic carbocycles. The molecule has 9 heteroatoms. The van der Waals surface area contributed by atoms with E-state index in [4.69, 9.17) is 14.7 Å². The summed E-state index contributed by atoms with van der Waals surface area (Å²) in [7, 11) is 0. The SMILES string of the molecule is CC(C)(C)OC(=O)NC1CCN(c2nc3c(c(-c4ccc(C#N)c(F)c4)n2)CN(Cc2ccccc2)CC3)CC1. The van der Waals surface area contributed by atoms with Gasteiger partial charge in [-0.25, -0.2) is 19.2 Å². The van der Waals surface area contributed by atoms with Crippen molar-refractivity contribution in [2.45, 2.75) is 64.8 Å². The molecule has 0 saturated carbocycles. The lowest BCUT2D eigenvalue weighted by atomic mass is 9.98. The molecule has 5 rings (SSSR count). The maximum atomic E-state index is 14.7. The molecular weight excluding hydrogens is 507 g/mol. The van der Waals surface area contributed by atoms with Crippen molar-refractivity contribution in [1.82, 2.24) is 20.2 Å². The van der Waals surface area contributed by atoms with Gasteiger partial charge in [0.1, 0.15) is 17.5 Å². The molecule has 3 aromatic rings. The Morgan fingerprint density at radius 1 is 1.12 bits per heavy atom. The van der Waals surface area contributed by atoms with E-state index in [0.29, 0.717) is 36.8 Å². The first-order chi connectivity index (χ1) is 19.2. The van der Waals surface area contributed by atoms with E-state index in [9.17, 15) is 14.4 Å². The van der Waals surface area contributed by atoms with Crippen molar-refractivity contribution >= 4 is 12.0 Å². The lowest BCUT2D eigenvalue weighted by Gasteiger charge is -2.34. The lowest BCUT2D eigenvalue weighted by molar-refractivity contribution is 0.0497. The normalized spacial score (nSPS) is 16.2. The number of fused-ring (bicyclic) bond motifs is 1. The first kappa shape index (κ1) is 27.5. The highest BCUT2D eigenvalue weighted by Gasteiger charge is 2.28. The third-order valence-corrected chi connectivity index (χ3v) is 7.24. The molecule has 0 radical (unpaired) electrons. The molecule has 1 aromatic heterocycles. The summed E-state index contributed by atoms with van der Waals surface area (Å²) < 4.78 is 20.1. The Bertz CT molecular complexity index is 1410. The van der Waals surface area contributed by atoms with Gasteiger partial charge in [-0.1, -0.05) is 36.4 Å². The Kier molecular flexibility index (Phi) is 7.99. The smallest absolute Gasteiger partial charge is 0.407 e. The van der Waals surface area contributed by atoms with Gasteiger partial charge < -0.3 is 15.0 Å². The molecule has 1 fully saturated rings. The summed E-state index contributed by atoms with van der Waals surface area (Å²) in [6.07, 6.45) is 1.85. The molecular formula is C31H35FN6O2. The van der Waals surface area contributed by atoms with E-state index in [1.54, 1.807) is 6.07 Å². The van der Waals surface area contributed by atoms with Crippen LogP contribution in [0.25, 0.3) is 11.3 Å². The van der Waals surface area contributed by atoms with Crippen molar-refractivity contribution in [2.24, 2.45) is 0 Å². The third-order valence-electron chi connectivity index (χ3n) is 7.24. The van der Waals surface area contributed by atoms with Crippen molar-refractivity contribution in [3.63, 3.8) is 0 Å². The van der Waals surface area contributed by atoms with Crippen LogP contribution in [-0.4, -0.2) is 52.2 Å². The number of rotatable bonds is 5. The van der Waals surface area contributed by atoms with Gasteiger partial charge in [0.25, 0.3) is 0 Å². The van der Waals surface area contributed by atoms with Crippen LogP contribution in [0.2, 0.25) is 0 Å². The Balaban J connectivity index is 1.39. The number of carbonyl (C=O) groups is 1. The zero-order chi connectivity index (χ0) is 28.3. The number of alkyl carbamates (subject to hydrolysis) is 1. The molecule has 208 valence electrons. The van der Waals surface area contributed by atoms with Crippen LogP contribution >= 0.6 is 0 Å². The van der Waals surface area contributed by atoms with Crippen LogP contribution in [-0.2, 0) is 24.2 Å². The zero-order valence-electron chi connectivity index (χ0n) is 23.3. The standard InChI is InChI=1S/C31H35FN6O2/c1-31(2,3)40-30(39)34-24-11-15-38(16-12-24)29-35-27-13-14-37(19-21-7-5-4-6-8-21)20-25(27)28(36-29)22-9-10-23(18-33)26(32)17-22/h4-10,17,24H,11-16,19-20H2,1-3H3,(H,34,39). The highest BCUT2D eigenvalue weighted by atomic mass is 19.1. The van der Waals surface area contributed by atoms with Crippen LogP contribution in [0.3, 0.4) is 0 Å². The second kappa shape index (κ2) is 11.6. The van der Waals surface area contributed by atoms with Crippen molar-refractivity contribution in [3.8, 4) is 17.3 Å². The number of nitriles is 1. The van der Waals surface area contributed by atoms with Gasteiger partial charge in [0.05, 0.1) is 17.0 Å². The molecule has 8 nitrogen and oxygen atoms in total. The van der Waals surface area contributed by atoms with E-state index < -0.39 is 17.5 Å². The summed E-state index contributed by atoms with van der Waals surface area (Å²) in [6.45, 7) is 9.23. The summed E-state index contributed by atoms with van der Waals surface area (Å²) in [6, 6.07) is 16.9. The fourth-order valence-corrected chi connectivity index (χ4v) is 5.26. The van der Waals surface area contributed by atoms with Crippen LogP contribution in [0, 0.1) is 17.1 Å². The fourth-order valence-electron chi connectivity index (χ4n) is 5.26. The minimum absolute atomic E-state index is 0.0113. The molecule has 1 amide bonds. The number of hydrogen-bond acceptors (Lipinski definition) is 7. The molecule has 2 aliphatic rings. The molecule has 3 heterocycles. The molecule has 40 heavy (non-hydrogen) atoms. The van der Waals surface area contributed by atoms with Gasteiger partial charge in [0, 0.05) is 56.3 Å². The van der Waals surface area contributed by atoms with Gasteiger partial charge in [-0.15, -0.1) is 0 Å². The van der Waals surface area contributed by atoms with Crippen molar-refractivity contribution in [3.05, 3.63) is 76.7 Å². The minimum atomic E-state index is -0.556. The van der Waals surface area contributed by atoms with Crippen molar-refractivity contribution in [1.29, 1.82) is 5.26 Å². The number of carbonyl (C=O) groups excluding carboxylic acids is 1. The highest BCUT2D eigenvalue weighted by molar-refractivity contribution is 5.68. The number of piperidine rings is 1.